The van der Waals surface area contributed by atoms with Crippen LogP contribution in [0.25, 0.3) is 5.57 Å². The molecule has 2 aliphatic heterocycles. The Morgan fingerprint density at radius 3 is 2.67 bits per heavy atom. The summed E-state index contributed by atoms with van der Waals surface area (Å²) in [7, 11) is 0. The van der Waals surface area contributed by atoms with Gasteiger partial charge in [-0.1, -0.05) is 6.07 Å². The third kappa shape index (κ3) is 4.59. The van der Waals surface area contributed by atoms with Crippen LogP contribution in [0, 0.1) is 0 Å². The van der Waals surface area contributed by atoms with E-state index in [9.17, 15) is 18.4 Å². The topological polar surface area (TPSA) is 97.5 Å². The number of nitrogens with zero attached hydrogens (tertiary/aromatic N) is 3. The SMILES string of the molecule is CC(=O)N1c2ccc(C(C=NC3COC3)=CN)cc2N(C(=O)OCC(F)F)C[C@@H]1C. The maximum Gasteiger partial charge on any atom is 0.414 e. The fourth-order valence-corrected chi connectivity index (χ4v) is 3.38. The number of anilines is 2. The first-order chi connectivity index (χ1) is 14.3. The molecule has 0 spiro atoms. The first-order valence-electron chi connectivity index (χ1n) is 9.51. The lowest BCUT2D eigenvalue weighted by Gasteiger charge is -2.40. The van der Waals surface area contributed by atoms with Crippen molar-refractivity contribution in [2.24, 2.45) is 10.7 Å². The number of nitrogens with two attached hydrogens (primary N) is 1. The van der Waals surface area contributed by atoms with E-state index in [0.717, 1.165) is 0 Å². The number of halogens is 2. The third-order valence-electron chi connectivity index (χ3n) is 4.86. The predicted molar refractivity (Wildman–Crippen MR) is 109 cm³/mol. The van der Waals surface area contributed by atoms with Gasteiger partial charge in [-0.25, -0.2) is 13.6 Å². The van der Waals surface area contributed by atoms with Crippen LogP contribution in [0.4, 0.5) is 25.0 Å². The van der Waals surface area contributed by atoms with Gasteiger partial charge in [-0.3, -0.25) is 14.7 Å². The molecule has 2 amide bonds. The number of carbonyl (C=O) groups excluding carboxylic acids is 2. The summed E-state index contributed by atoms with van der Waals surface area (Å²) in [5.41, 5.74) is 7.89. The van der Waals surface area contributed by atoms with Gasteiger partial charge in [0.1, 0.15) is 0 Å². The molecule has 162 valence electrons. The van der Waals surface area contributed by atoms with Gasteiger partial charge in [0.05, 0.1) is 36.7 Å². The van der Waals surface area contributed by atoms with Gasteiger partial charge < -0.3 is 20.1 Å². The van der Waals surface area contributed by atoms with Crippen LogP contribution < -0.4 is 15.5 Å². The summed E-state index contributed by atoms with van der Waals surface area (Å²) in [5.74, 6) is -0.196. The van der Waals surface area contributed by atoms with E-state index in [0.29, 0.717) is 35.7 Å². The number of amides is 2. The standard InChI is InChI=1S/C20H24F2N4O4/c1-12-8-25(20(28)30-11-19(21)22)18-5-14(3-4-17(18)26(12)13(2)27)15(6-23)7-24-16-9-29-10-16/h3-7,12,16,19H,8-11,23H2,1-2H3/t12-/m0/s1. The molecule has 0 radical (unpaired) electrons. The average molecular weight is 422 g/mol. The molecule has 2 heterocycles. The van der Waals surface area contributed by atoms with Gasteiger partial charge in [0.25, 0.3) is 6.43 Å². The van der Waals surface area contributed by atoms with Crippen molar-refractivity contribution < 1.29 is 27.8 Å². The molecule has 1 atom stereocenters. The van der Waals surface area contributed by atoms with Crippen LogP contribution in [0.1, 0.15) is 19.4 Å². The van der Waals surface area contributed by atoms with E-state index < -0.39 is 19.1 Å². The quantitative estimate of drug-likeness (QED) is 0.735. The molecule has 0 aromatic heterocycles. The van der Waals surface area contributed by atoms with Gasteiger partial charge in [-0.05, 0) is 24.6 Å². The van der Waals surface area contributed by atoms with E-state index in [-0.39, 0.29) is 24.5 Å². The normalized spacial score (nSPS) is 19.8. The zero-order chi connectivity index (χ0) is 21.8. The molecule has 1 aromatic rings. The van der Waals surface area contributed by atoms with Crippen molar-refractivity contribution in [3.8, 4) is 0 Å². The first kappa shape index (κ1) is 21.7. The monoisotopic (exact) mass is 422 g/mol. The molecule has 3 rings (SSSR count). The summed E-state index contributed by atoms with van der Waals surface area (Å²) in [4.78, 5) is 31.9. The third-order valence-corrected chi connectivity index (χ3v) is 4.86. The smallest absolute Gasteiger partial charge is 0.414 e. The summed E-state index contributed by atoms with van der Waals surface area (Å²) >= 11 is 0. The van der Waals surface area contributed by atoms with Crippen LogP contribution in [0.5, 0.6) is 0 Å². The van der Waals surface area contributed by atoms with Crippen molar-refractivity contribution in [3.63, 3.8) is 0 Å². The second-order valence-electron chi connectivity index (χ2n) is 7.11. The van der Waals surface area contributed by atoms with Crippen LogP contribution in [0.2, 0.25) is 0 Å². The van der Waals surface area contributed by atoms with Crippen LogP contribution in [0.15, 0.2) is 29.4 Å². The molecule has 1 aromatic carbocycles. The number of aliphatic imine (C=N–C) groups is 1. The summed E-state index contributed by atoms with van der Waals surface area (Å²) in [6.07, 6.45) is -0.655. The molecule has 0 saturated carbocycles. The van der Waals surface area contributed by atoms with Gasteiger partial charge in [0.2, 0.25) is 5.91 Å². The molecule has 2 N–H and O–H groups in total. The zero-order valence-electron chi connectivity index (χ0n) is 16.8. The lowest BCUT2D eigenvalue weighted by atomic mass is 10.0. The Kier molecular flexibility index (Phi) is 6.66. The Labute approximate surface area is 172 Å². The second kappa shape index (κ2) is 9.21. The maximum absolute atomic E-state index is 12.5. The van der Waals surface area contributed by atoms with Crippen molar-refractivity contribution in [2.45, 2.75) is 32.4 Å². The summed E-state index contributed by atoms with van der Waals surface area (Å²) in [6, 6.07) is 4.84. The fraction of sp³-hybridized carbons (Fsp3) is 0.450. The Morgan fingerprint density at radius 2 is 2.10 bits per heavy atom. The number of rotatable bonds is 5. The Balaban J connectivity index is 1.96. The maximum atomic E-state index is 12.5. The van der Waals surface area contributed by atoms with Crippen molar-refractivity contribution in [2.75, 3.05) is 36.2 Å². The fourth-order valence-electron chi connectivity index (χ4n) is 3.38. The molecule has 1 fully saturated rings. The second-order valence-corrected chi connectivity index (χ2v) is 7.11. The van der Waals surface area contributed by atoms with Crippen LogP contribution in [-0.2, 0) is 14.3 Å². The van der Waals surface area contributed by atoms with Crippen molar-refractivity contribution in [1.29, 1.82) is 0 Å². The molecule has 10 heteroatoms. The first-order valence-corrected chi connectivity index (χ1v) is 9.51. The van der Waals surface area contributed by atoms with Gasteiger partial charge in [-0.15, -0.1) is 0 Å². The summed E-state index contributed by atoms with van der Waals surface area (Å²) in [6.45, 7) is 3.40. The molecule has 8 nitrogen and oxygen atoms in total. The average Bonchev–Trinajstić information content (AvgIpc) is 2.66. The van der Waals surface area contributed by atoms with Crippen LogP contribution in [-0.4, -0.2) is 63.1 Å². The number of fused-ring (bicyclic) bond motifs is 1. The van der Waals surface area contributed by atoms with Gasteiger partial charge >= 0.3 is 6.09 Å². The largest absolute Gasteiger partial charge is 0.443 e. The van der Waals surface area contributed by atoms with Gasteiger partial charge in [0, 0.05) is 31.5 Å². The lowest BCUT2D eigenvalue weighted by Crippen LogP contribution is -2.51. The molecule has 30 heavy (non-hydrogen) atoms. The lowest BCUT2D eigenvalue weighted by molar-refractivity contribution is -0.117. The van der Waals surface area contributed by atoms with E-state index in [1.54, 1.807) is 36.2 Å². The van der Waals surface area contributed by atoms with E-state index in [2.05, 4.69) is 4.99 Å². The number of allylic oxidation sites excluding steroid dienone is 1. The Morgan fingerprint density at radius 1 is 1.37 bits per heavy atom. The minimum absolute atomic E-state index is 0.0763. The Bertz CT molecular complexity index is 870. The van der Waals surface area contributed by atoms with E-state index >= 15 is 0 Å². The minimum atomic E-state index is -2.77. The number of ether oxygens (including phenoxy) is 2. The highest BCUT2D eigenvalue weighted by Gasteiger charge is 2.35. The van der Waals surface area contributed by atoms with Crippen molar-refractivity contribution in [3.05, 3.63) is 30.0 Å². The molecule has 2 aliphatic rings. The van der Waals surface area contributed by atoms with Crippen molar-refractivity contribution in [1.82, 2.24) is 0 Å². The molecule has 0 bridgehead atoms. The molecular weight excluding hydrogens is 398 g/mol. The number of hydrogen-bond acceptors (Lipinski definition) is 6. The molecule has 0 aliphatic carbocycles. The molecule has 0 unspecified atom stereocenters. The highest BCUT2D eigenvalue weighted by Crippen LogP contribution is 2.38. The van der Waals surface area contributed by atoms with E-state index in [1.807, 2.05) is 0 Å². The number of hydrogen-bond donors (Lipinski definition) is 1. The highest BCUT2D eigenvalue weighted by atomic mass is 19.3. The molecular formula is C20H24F2N4O4. The Hall–Kier alpha value is -3.01. The van der Waals surface area contributed by atoms with Crippen LogP contribution >= 0.6 is 0 Å². The number of alkyl halides is 2. The highest BCUT2D eigenvalue weighted by molar-refractivity contribution is 6.11. The zero-order valence-corrected chi connectivity index (χ0v) is 16.8. The predicted octanol–water partition coefficient (Wildman–Crippen LogP) is 2.42. The van der Waals surface area contributed by atoms with Crippen molar-refractivity contribution >= 4 is 35.2 Å². The molecule has 1 saturated heterocycles. The number of benzene rings is 1. The van der Waals surface area contributed by atoms with Gasteiger partial charge in [0.15, 0.2) is 6.61 Å². The summed E-state index contributed by atoms with van der Waals surface area (Å²) < 4.78 is 34.8. The number of carbonyl (C=O) groups is 2. The van der Waals surface area contributed by atoms with Gasteiger partial charge in [-0.2, -0.15) is 0 Å². The van der Waals surface area contributed by atoms with Crippen LogP contribution in [0.3, 0.4) is 0 Å². The van der Waals surface area contributed by atoms with E-state index in [4.69, 9.17) is 15.2 Å². The minimum Gasteiger partial charge on any atom is -0.443 e. The van der Waals surface area contributed by atoms with E-state index in [1.165, 1.54) is 18.0 Å². The summed E-state index contributed by atoms with van der Waals surface area (Å²) in [5, 5.41) is 0.